The number of rotatable bonds is 5. The number of hydrogen-bond acceptors (Lipinski definition) is 6. The molecule has 1 aromatic heterocycles. The average Bonchev–Trinajstić information content (AvgIpc) is 2.58. The van der Waals surface area contributed by atoms with Gasteiger partial charge in [0.15, 0.2) is 5.82 Å². The molecule has 3 N–H and O–H groups in total. The maximum absolute atomic E-state index is 14.4. The fourth-order valence-corrected chi connectivity index (χ4v) is 2.21. The number of nitrogens with zero attached hydrogens (tertiary/aromatic N) is 3. The number of aliphatic hydroxyl groups is 1. The SMILES string of the molecule is [2H][C@@]1(O)C(F)=C(c2nc(N[C@H](C)C(F)(F)F)nc(N[C@H](C)C(F)(F)F)n2)CC[C@@H]1F. The zero-order chi connectivity index (χ0) is 23.1. The summed E-state index contributed by atoms with van der Waals surface area (Å²) in [5, 5.41) is 13.3. The molecule has 0 unspecified atom stereocenters. The van der Waals surface area contributed by atoms with Gasteiger partial charge in [0, 0.05) is 5.57 Å². The minimum atomic E-state index is -4.77. The second-order valence-corrected chi connectivity index (χ2v) is 6.31. The van der Waals surface area contributed by atoms with Crippen LogP contribution in [0.25, 0.3) is 5.57 Å². The van der Waals surface area contributed by atoms with Crippen LogP contribution in [0.2, 0.25) is 0 Å². The molecule has 6 nitrogen and oxygen atoms in total. The van der Waals surface area contributed by atoms with Gasteiger partial charge >= 0.3 is 12.4 Å². The van der Waals surface area contributed by atoms with Gasteiger partial charge < -0.3 is 15.7 Å². The normalized spacial score (nSPS) is 26.0. The van der Waals surface area contributed by atoms with Crippen LogP contribution in [0, 0.1) is 0 Å². The summed E-state index contributed by atoms with van der Waals surface area (Å²) < 4.78 is 112. The average molecular weight is 436 g/mol. The molecular formula is C15H17F8N5O. The fraction of sp³-hybridized carbons (Fsp3) is 0.667. The van der Waals surface area contributed by atoms with E-state index in [-0.39, 0.29) is 0 Å². The summed E-state index contributed by atoms with van der Waals surface area (Å²) in [6, 6.07) is -4.46. The smallest absolute Gasteiger partial charge is 0.383 e. The Bertz CT molecular complexity index is 773. The lowest BCUT2D eigenvalue weighted by molar-refractivity contribution is -0.139. The van der Waals surface area contributed by atoms with Crippen molar-refractivity contribution in [2.75, 3.05) is 10.6 Å². The number of hydrogen-bond donors (Lipinski definition) is 3. The van der Waals surface area contributed by atoms with E-state index in [1.807, 2.05) is 10.6 Å². The van der Waals surface area contributed by atoms with Gasteiger partial charge in [-0.05, 0) is 26.7 Å². The second-order valence-electron chi connectivity index (χ2n) is 6.31. The van der Waals surface area contributed by atoms with Crippen molar-refractivity contribution in [2.45, 2.75) is 63.4 Å². The lowest BCUT2D eigenvalue weighted by Gasteiger charge is -2.24. The summed E-state index contributed by atoms with van der Waals surface area (Å²) in [4.78, 5) is 10.5. The highest BCUT2D eigenvalue weighted by Gasteiger charge is 2.39. The molecule has 0 aliphatic heterocycles. The predicted molar refractivity (Wildman–Crippen MR) is 86.3 cm³/mol. The number of nitrogens with one attached hydrogen (secondary N) is 2. The van der Waals surface area contributed by atoms with E-state index in [0.29, 0.717) is 13.8 Å². The van der Waals surface area contributed by atoms with E-state index in [2.05, 4.69) is 15.0 Å². The van der Waals surface area contributed by atoms with Crippen LogP contribution in [0.15, 0.2) is 5.83 Å². The van der Waals surface area contributed by atoms with E-state index in [9.17, 15) is 40.2 Å². The zero-order valence-corrected chi connectivity index (χ0v) is 15.0. The van der Waals surface area contributed by atoms with Crippen LogP contribution in [0.4, 0.5) is 47.0 Å². The number of halogens is 8. The van der Waals surface area contributed by atoms with Gasteiger partial charge in [-0.25, -0.2) is 8.78 Å². The highest BCUT2D eigenvalue weighted by atomic mass is 19.4. The third-order valence-corrected chi connectivity index (χ3v) is 4.01. The number of allylic oxidation sites excluding steroid dienone is 1. The fourth-order valence-electron chi connectivity index (χ4n) is 2.21. The first-order valence-corrected chi connectivity index (χ1v) is 8.22. The van der Waals surface area contributed by atoms with Gasteiger partial charge in [0.1, 0.15) is 30.2 Å². The summed E-state index contributed by atoms with van der Waals surface area (Å²) in [5.74, 6) is -4.11. The lowest BCUT2D eigenvalue weighted by atomic mass is 9.94. The van der Waals surface area contributed by atoms with Crippen molar-refractivity contribution in [3.05, 3.63) is 11.7 Å². The maximum atomic E-state index is 14.4. The van der Waals surface area contributed by atoms with Gasteiger partial charge in [0.2, 0.25) is 11.9 Å². The third-order valence-electron chi connectivity index (χ3n) is 4.01. The van der Waals surface area contributed by atoms with Crippen LogP contribution in [0.5, 0.6) is 0 Å². The van der Waals surface area contributed by atoms with Gasteiger partial charge in [0.05, 0.1) is 1.37 Å². The molecule has 0 aromatic carbocycles. The molecule has 1 heterocycles. The van der Waals surface area contributed by atoms with Crippen molar-refractivity contribution in [3.63, 3.8) is 0 Å². The Morgan fingerprint density at radius 2 is 1.45 bits per heavy atom. The van der Waals surface area contributed by atoms with Crippen LogP contribution in [-0.2, 0) is 0 Å². The van der Waals surface area contributed by atoms with Crippen LogP contribution >= 0.6 is 0 Å². The van der Waals surface area contributed by atoms with E-state index in [1.165, 1.54) is 0 Å². The van der Waals surface area contributed by atoms with Gasteiger partial charge in [-0.1, -0.05) is 0 Å². The van der Waals surface area contributed by atoms with E-state index in [1.54, 1.807) is 0 Å². The molecule has 4 atom stereocenters. The Hall–Kier alpha value is -2.25. The highest BCUT2D eigenvalue weighted by Crippen LogP contribution is 2.34. The van der Waals surface area contributed by atoms with Crippen LogP contribution in [-0.4, -0.2) is 56.7 Å². The Kier molecular flexibility index (Phi) is 6.10. The van der Waals surface area contributed by atoms with E-state index in [0.717, 1.165) is 0 Å². The highest BCUT2D eigenvalue weighted by molar-refractivity contribution is 5.65. The molecule has 29 heavy (non-hydrogen) atoms. The van der Waals surface area contributed by atoms with Crippen molar-refractivity contribution in [3.8, 4) is 0 Å². The van der Waals surface area contributed by atoms with Gasteiger partial charge in [-0.3, -0.25) is 0 Å². The first-order valence-electron chi connectivity index (χ1n) is 8.72. The Balaban J connectivity index is 2.52. The first kappa shape index (κ1) is 21.5. The first-order chi connectivity index (χ1) is 13.5. The molecular weight excluding hydrogens is 418 g/mol. The van der Waals surface area contributed by atoms with Crippen LogP contribution in [0.3, 0.4) is 0 Å². The van der Waals surface area contributed by atoms with Crippen molar-refractivity contribution >= 4 is 17.5 Å². The van der Waals surface area contributed by atoms with Crippen molar-refractivity contribution in [1.29, 1.82) is 0 Å². The minimum Gasteiger partial charge on any atom is -0.383 e. The molecule has 0 saturated heterocycles. The molecule has 1 aromatic rings. The lowest BCUT2D eigenvalue weighted by Crippen LogP contribution is -2.35. The summed E-state index contributed by atoms with van der Waals surface area (Å²) >= 11 is 0. The van der Waals surface area contributed by atoms with Gasteiger partial charge in [-0.15, -0.1) is 0 Å². The maximum Gasteiger partial charge on any atom is 0.408 e. The van der Waals surface area contributed by atoms with Gasteiger partial charge in [-0.2, -0.15) is 41.3 Å². The van der Waals surface area contributed by atoms with Crippen molar-refractivity contribution < 1.29 is 41.6 Å². The third kappa shape index (κ3) is 5.64. The molecule has 0 spiro atoms. The number of aromatic nitrogens is 3. The van der Waals surface area contributed by atoms with Crippen molar-refractivity contribution in [1.82, 2.24) is 15.0 Å². The largest absolute Gasteiger partial charge is 0.408 e. The van der Waals surface area contributed by atoms with Crippen LogP contribution < -0.4 is 10.6 Å². The van der Waals surface area contributed by atoms with Crippen LogP contribution in [0.1, 0.15) is 33.9 Å². The van der Waals surface area contributed by atoms with Gasteiger partial charge in [0.25, 0.3) is 0 Å². The second kappa shape index (κ2) is 8.24. The van der Waals surface area contributed by atoms with E-state index < -0.39 is 78.7 Å². The van der Waals surface area contributed by atoms with Crippen molar-refractivity contribution in [2.24, 2.45) is 0 Å². The van der Waals surface area contributed by atoms with E-state index >= 15 is 0 Å². The summed E-state index contributed by atoms with van der Waals surface area (Å²) in [7, 11) is 0. The Morgan fingerprint density at radius 3 is 1.86 bits per heavy atom. The number of anilines is 2. The molecule has 2 rings (SSSR count). The molecule has 164 valence electrons. The van der Waals surface area contributed by atoms with E-state index in [4.69, 9.17) is 1.37 Å². The topological polar surface area (TPSA) is 83.0 Å². The molecule has 1 aliphatic carbocycles. The summed E-state index contributed by atoms with van der Waals surface area (Å²) in [6.07, 6.45) is -16.1. The monoisotopic (exact) mass is 436 g/mol. The standard InChI is InChI=1S/C15H17F8N5O/c1-5(14(18,19)20)24-12-26-11(7-3-4-8(16)10(29)9(7)17)27-13(28-12)25-6(2)15(21,22)23/h5-6,8,10,29H,3-4H2,1-2H3,(H2,24,25,26,27,28)/t5-,6-,8+,10+/m1/s1/i10D. The minimum absolute atomic E-state index is 0.458. The molecule has 14 heteroatoms. The molecule has 0 fully saturated rings. The quantitative estimate of drug-likeness (QED) is 0.610. The molecule has 0 amide bonds. The molecule has 1 aliphatic rings. The summed E-state index contributed by atoms with van der Waals surface area (Å²) in [5.41, 5.74) is -0.630. The summed E-state index contributed by atoms with van der Waals surface area (Å²) in [6.45, 7) is 1.37. The Labute approximate surface area is 160 Å². The number of alkyl halides is 7. The molecule has 0 radical (unpaired) electrons. The zero-order valence-electron chi connectivity index (χ0n) is 16.0. The molecule has 0 bridgehead atoms. The predicted octanol–water partition coefficient (Wildman–Crippen LogP) is 3.77. The molecule has 0 saturated carbocycles. The Morgan fingerprint density at radius 1 is 1.00 bits per heavy atom.